The van der Waals surface area contributed by atoms with Crippen LogP contribution in [0.15, 0.2) is 60.7 Å². The molecule has 0 saturated heterocycles. The van der Waals surface area contributed by atoms with Crippen molar-refractivity contribution in [3.8, 4) is 0 Å². The van der Waals surface area contributed by atoms with E-state index >= 15 is 0 Å². The molecule has 4 heteroatoms. The molecule has 2 unspecified atom stereocenters. The van der Waals surface area contributed by atoms with E-state index in [0.717, 1.165) is 59.4 Å². The average molecular weight is 383 g/mol. The largest absolute Gasteiger partial charge is 0.567 e. The van der Waals surface area contributed by atoms with E-state index in [-0.39, 0.29) is 12.1 Å². The fraction of sp³-hybridized carbons (Fsp3) is 0.500. The number of hydroxylamine groups is 2. The summed E-state index contributed by atoms with van der Waals surface area (Å²) in [5.41, 5.74) is 2.21. The van der Waals surface area contributed by atoms with Crippen molar-refractivity contribution in [3.05, 3.63) is 82.2 Å². The number of hydrogen-bond acceptors (Lipinski definition) is 2. The van der Waals surface area contributed by atoms with E-state index in [1.54, 1.807) is 0 Å². The van der Waals surface area contributed by atoms with Gasteiger partial charge in [0.05, 0.1) is 0 Å². The molecule has 0 heterocycles. The summed E-state index contributed by atoms with van der Waals surface area (Å²) in [4.78, 5) is 1.46. The van der Waals surface area contributed by atoms with Crippen LogP contribution in [0.4, 0.5) is 0 Å². The van der Waals surface area contributed by atoms with Crippen LogP contribution in [0.5, 0.6) is 0 Å². The van der Waals surface area contributed by atoms with Crippen molar-refractivity contribution in [3.63, 3.8) is 0 Å². The van der Waals surface area contributed by atoms with E-state index in [4.69, 9.17) is 0 Å². The van der Waals surface area contributed by atoms with E-state index in [1.165, 1.54) is 0 Å². The molecule has 2 atom stereocenters. The van der Waals surface area contributed by atoms with Crippen molar-refractivity contribution in [2.75, 3.05) is 0 Å². The summed E-state index contributed by atoms with van der Waals surface area (Å²) >= 11 is 0. The van der Waals surface area contributed by atoms with Gasteiger partial charge in [-0.25, -0.2) is 0 Å². The quantitative estimate of drug-likeness (QED) is 0.254. The normalized spacial score (nSPS) is 14.4. The molecule has 2 rings (SSSR count). The number of unbranched alkanes of at least 4 members (excludes halogenated alkanes) is 2. The van der Waals surface area contributed by atoms with Crippen LogP contribution in [0.3, 0.4) is 0 Å². The standard InChI is InChI=1S/C24H34N2O2/c1-3-5-17-23(19-21-13-9-7-10-14-21)25(27)26(28)24(18-6-4-2)20-22-15-11-8-12-16-22/h7-16,23-24H,3-6,17-20H2,1-2H3/b26-25+. The van der Waals surface area contributed by atoms with Gasteiger partial charge >= 0.3 is 0 Å². The van der Waals surface area contributed by atoms with Crippen molar-refractivity contribution in [1.29, 1.82) is 0 Å². The van der Waals surface area contributed by atoms with Crippen LogP contribution in [0.25, 0.3) is 0 Å². The molecule has 0 bridgehead atoms. The first-order chi connectivity index (χ1) is 13.7. The molecule has 2 aromatic carbocycles. The first-order valence-electron chi connectivity index (χ1n) is 10.7. The maximum Gasteiger partial charge on any atom is 0.233 e. The van der Waals surface area contributed by atoms with E-state index in [2.05, 4.69) is 13.8 Å². The summed E-state index contributed by atoms with van der Waals surface area (Å²) in [6.45, 7) is 4.23. The topological polar surface area (TPSA) is 52.1 Å². The molecule has 28 heavy (non-hydrogen) atoms. The molecule has 0 radical (unpaired) electrons. The molecule has 4 nitrogen and oxygen atoms in total. The molecule has 152 valence electrons. The third kappa shape index (κ3) is 6.99. The lowest BCUT2D eigenvalue weighted by Gasteiger charge is -2.19. The van der Waals surface area contributed by atoms with Crippen molar-refractivity contribution in [2.45, 2.75) is 77.3 Å². The molecule has 0 spiro atoms. The summed E-state index contributed by atoms with van der Waals surface area (Å²) < 4.78 is 0. The Morgan fingerprint density at radius 1 is 0.643 bits per heavy atom. The van der Waals surface area contributed by atoms with Crippen LogP contribution in [-0.2, 0) is 12.8 Å². The second kappa shape index (κ2) is 12.2. The van der Waals surface area contributed by atoms with Gasteiger partial charge in [-0.05, 0) is 24.0 Å². The number of hydrogen-bond donors (Lipinski definition) is 0. The molecule has 0 aromatic heterocycles. The number of azo groups is 1. The lowest BCUT2D eigenvalue weighted by atomic mass is 10.0. The zero-order valence-electron chi connectivity index (χ0n) is 17.3. The van der Waals surface area contributed by atoms with Gasteiger partial charge in [0.1, 0.15) is 0 Å². The predicted molar refractivity (Wildman–Crippen MR) is 114 cm³/mol. The number of benzene rings is 2. The molecule has 0 fully saturated rings. The minimum Gasteiger partial charge on any atom is -0.567 e. The first kappa shape index (κ1) is 21.9. The Hall–Kier alpha value is -2.36. The predicted octanol–water partition coefficient (Wildman–Crippen LogP) is 6.06. The van der Waals surface area contributed by atoms with E-state index in [9.17, 15) is 10.4 Å². The first-order valence-corrected chi connectivity index (χ1v) is 10.7. The lowest BCUT2D eigenvalue weighted by Crippen LogP contribution is -2.37. The maximum atomic E-state index is 13.1. The molecular formula is C24H34N2O2. The van der Waals surface area contributed by atoms with Gasteiger partial charge in [0.15, 0.2) is 0 Å². The highest BCUT2D eigenvalue weighted by atomic mass is 16.6. The highest BCUT2D eigenvalue weighted by Crippen LogP contribution is 2.16. The van der Waals surface area contributed by atoms with Gasteiger partial charge in [0, 0.05) is 35.4 Å². The maximum absolute atomic E-state index is 13.1. The molecule has 0 N–H and O–H groups in total. The van der Waals surface area contributed by atoms with Crippen LogP contribution in [0.1, 0.15) is 63.5 Å². The summed E-state index contributed by atoms with van der Waals surface area (Å²) in [6.07, 6.45) is 6.61. The molecule has 2 aromatic rings. The molecule has 0 aliphatic heterocycles. The summed E-state index contributed by atoms with van der Waals surface area (Å²) in [6, 6.07) is 19.3. The fourth-order valence-electron chi connectivity index (χ4n) is 3.55. The molecule has 0 amide bonds. The Bertz CT molecular complexity index is 640. The Balaban J connectivity index is 2.23. The average Bonchev–Trinajstić information content (AvgIpc) is 2.74. The molecular weight excluding hydrogens is 348 g/mol. The van der Waals surface area contributed by atoms with Crippen LogP contribution in [0.2, 0.25) is 0 Å². The summed E-state index contributed by atoms with van der Waals surface area (Å²) in [5.74, 6) is 0. The van der Waals surface area contributed by atoms with Crippen LogP contribution < -0.4 is 0 Å². The van der Waals surface area contributed by atoms with Gasteiger partial charge in [-0.2, -0.15) is 0 Å². The Labute approximate surface area is 169 Å². The monoisotopic (exact) mass is 382 g/mol. The van der Waals surface area contributed by atoms with Crippen LogP contribution in [-0.4, -0.2) is 21.8 Å². The lowest BCUT2D eigenvalue weighted by molar-refractivity contribution is -0.997. The summed E-state index contributed by atoms with van der Waals surface area (Å²) in [7, 11) is 0. The number of rotatable bonds is 12. The van der Waals surface area contributed by atoms with Crippen molar-refractivity contribution >= 4 is 0 Å². The molecule has 0 aliphatic carbocycles. The van der Waals surface area contributed by atoms with E-state index < -0.39 is 0 Å². The van der Waals surface area contributed by atoms with E-state index in [1.807, 2.05) is 60.7 Å². The highest BCUT2D eigenvalue weighted by Gasteiger charge is 2.29. The summed E-state index contributed by atoms with van der Waals surface area (Å²) in [5, 5.41) is 26.2. The highest BCUT2D eigenvalue weighted by molar-refractivity contribution is 5.16. The van der Waals surface area contributed by atoms with Crippen molar-refractivity contribution in [2.24, 2.45) is 0 Å². The molecule has 0 aliphatic rings. The van der Waals surface area contributed by atoms with Gasteiger partial charge in [0.25, 0.3) is 0 Å². The minimum atomic E-state index is -0.320. The molecule has 0 saturated carbocycles. The Morgan fingerprint density at radius 3 is 1.32 bits per heavy atom. The van der Waals surface area contributed by atoms with Crippen molar-refractivity contribution < 1.29 is 9.72 Å². The Kier molecular flexibility index (Phi) is 9.53. The van der Waals surface area contributed by atoms with Gasteiger partial charge in [-0.15, -0.1) is 0 Å². The van der Waals surface area contributed by atoms with Crippen LogP contribution >= 0.6 is 0 Å². The van der Waals surface area contributed by atoms with Gasteiger partial charge in [-0.1, -0.05) is 87.4 Å². The van der Waals surface area contributed by atoms with Gasteiger partial charge in [-0.3, -0.25) is 0 Å². The minimum absolute atomic E-state index is 0.320. The number of nitrogens with zero attached hydrogens (tertiary/aromatic N) is 2. The van der Waals surface area contributed by atoms with Gasteiger partial charge in [0.2, 0.25) is 12.1 Å². The zero-order valence-corrected chi connectivity index (χ0v) is 17.3. The fourth-order valence-corrected chi connectivity index (χ4v) is 3.55. The Morgan fingerprint density at radius 2 is 1.00 bits per heavy atom. The third-order valence-corrected chi connectivity index (χ3v) is 5.23. The van der Waals surface area contributed by atoms with Crippen LogP contribution in [0, 0.1) is 10.4 Å². The SMILES string of the molecule is CCCCC(Cc1ccccc1)/[N+]([O-])=[N+](\[O-])C(CCCC)Cc1ccccc1. The smallest absolute Gasteiger partial charge is 0.233 e. The zero-order chi connectivity index (χ0) is 20.2. The van der Waals surface area contributed by atoms with Gasteiger partial charge < -0.3 is 10.4 Å². The van der Waals surface area contributed by atoms with Crippen molar-refractivity contribution in [1.82, 2.24) is 0 Å². The van der Waals surface area contributed by atoms with E-state index in [0.29, 0.717) is 12.8 Å². The third-order valence-electron chi connectivity index (χ3n) is 5.23. The second-order valence-corrected chi connectivity index (χ2v) is 7.58. The second-order valence-electron chi connectivity index (χ2n) is 7.58.